The Bertz CT molecular complexity index is 1040. The highest BCUT2D eigenvalue weighted by Crippen LogP contribution is 2.42. The van der Waals surface area contributed by atoms with Gasteiger partial charge in [-0.25, -0.2) is 4.79 Å². The molecule has 0 atom stereocenters. The highest BCUT2D eigenvalue weighted by molar-refractivity contribution is 5.94. The van der Waals surface area contributed by atoms with E-state index in [0.29, 0.717) is 44.1 Å². The van der Waals surface area contributed by atoms with Gasteiger partial charge >= 0.3 is 12.3 Å². The van der Waals surface area contributed by atoms with E-state index in [1.54, 1.807) is 43.0 Å². The van der Waals surface area contributed by atoms with Crippen LogP contribution >= 0.6 is 0 Å². The molecule has 2 aromatic rings. The minimum atomic E-state index is -4.59. The molecule has 0 unspecified atom stereocenters. The van der Waals surface area contributed by atoms with Crippen LogP contribution in [0, 0.1) is 0 Å². The number of nitrogens with zero attached hydrogens (tertiary/aromatic N) is 2. The second-order valence-corrected chi connectivity index (χ2v) is 7.54. The molecule has 0 radical (unpaired) electrons. The standard InChI is InChI=1S/C25H27F3N2O4/c1-3-33-21-11-6-5-9-19(21)23-18(8-7-10-20(23)25(26,27)28)12-13-22(31)29-14-16-30(17-15-29)24(32)34-4-2/h5-13H,3-4,14-17H2,1-2H3/b13-12+. The minimum absolute atomic E-state index is 0.0461. The molecule has 0 aliphatic carbocycles. The van der Waals surface area contributed by atoms with Crippen LogP contribution in [0.2, 0.25) is 0 Å². The summed E-state index contributed by atoms with van der Waals surface area (Å²) in [6, 6.07) is 10.4. The Hall–Kier alpha value is -3.49. The van der Waals surface area contributed by atoms with Crippen LogP contribution in [0.1, 0.15) is 25.0 Å². The lowest BCUT2D eigenvalue weighted by atomic mass is 9.93. The molecule has 9 heteroatoms. The van der Waals surface area contributed by atoms with Gasteiger partial charge in [-0.05, 0) is 37.6 Å². The topological polar surface area (TPSA) is 59.1 Å². The monoisotopic (exact) mass is 476 g/mol. The first-order valence-electron chi connectivity index (χ1n) is 11.1. The number of piperazine rings is 1. The first kappa shape index (κ1) is 25.1. The van der Waals surface area contributed by atoms with Gasteiger partial charge in [-0.15, -0.1) is 0 Å². The Morgan fingerprint density at radius 2 is 1.62 bits per heavy atom. The van der Waals surface area contributed by atoms with Crippen LogP contribution in [0.25, 0.3) is 17.2 Å². The lowest BCUT2D eigenvalue weighted by molar-refractivity contribution is -0.137. The third kappa shape index (κ3) is 5.89. The number of alkyl halides is 3. The number of carbonyl (C=O) groups excluding carboxylic acids is 2. The maximum Gasteiger partial charge on any atom is 0.417 e. The largest absolute Gasteiger partial charge is 0.493 e. The maximum absolute atomic E-state index is 13.9. The summed E-state index contributed by atoms with van der Waals surface area (Å²) in [5.41, 5.74) is -0.305. The van der Waals surface area contributed by atoms with Crippen LogP contribution in [-0.4, -0.2) is 61.2 Å². The van der Waals surface area contributed by atoms with Crippen LogP contribution < -0.4 is 4.74 Å². The Morgan fingerprint density at radius 3 is 2.26 bits per heavy atom. The summed E-state index contributed by atoms with van der Waals surface area (Å²) < 4.78 is 52.2. The van der Waals surface area contributed by atoms with Crippen molar-refractivity contribution < 1.29 is 32.2 Å². The fraction of sp³-hybridized carbons (Fsp3) is 0.360. The Balaban J connectivity index is 1.88. The van der Waals surface area contributed by atoms with Gasteiger partial charge in [0, 0.05) is 43.4 Å². The Morgan fingerprint density at radius 1 is 0.941 bits per heavy atom. The molecular weight excluding hydrogens is 449 g/mol. The molecule has 0 bridgehead atoms. The number of ether oxygens (including phenoxy) is 2. The van der Waals surface area contributed by atoms with E-state index in [4.69, 9.17) is 9.47 Å². The summed E-state index contributed by atoms with van der Waals surface area (Å²) in [5, 5.41) is 0. The predicted octanol–water partition coefficient (Wildman–Crippen LogP) is 5.09. The number of halogens is 3. The number of amides is 2. The average Bonchev–Trinajstić information content (AvgIpc) is 2.82. The number of rotatable bonds is 6. The zero-order chi connectivity index (χ0) is 24.7. The van der Waals surface area contributed by atoms with Crippen LogP contribution in [-0.2, 0) is 15.7 Å². The molecule has 6 nitrogen and oxygen atoms in total. The molecule has 0 saturated carbocycles. The molecule has 0 N–H and O–H groups in total. The van der Waals surface area contributed by atoms with Gasteiger partial charge in [0.2, 0.25) is 5.91 Å². The molecule has 2 amide bonds. The van der Waals surface area contributed by atoms with Gasteiger partial charge in [0.25, 0.3) is 0 Å². The van der Waals surface area contributed by atoms with Crippen LogP contribution in [0.4, 0.5) is 18.0 Å². The summed E-state index contributed by atoms with van der Waals surface area (Å²) in [4.78, 5) is 27.6. The number of para-hydroxylation sites is 1. The molecule has 2 aromatic carbocycles. The van der Waals surface area contributed by atoms with E-state index in [-0.39, 0.29) is 23.6 Å². The fourth-order valence-electron chi connectivity index (χ4n) is 3.79. The molecule has 182 valence electrons. The van der Waals surface area contributed by atoms with Crippen molar-refractivity contribution in [1.82, 2.24) is 9.80 Å². The average molecular weight is 476 g/mol. The van der Waals surface area contributed by atoms with E-state index in [1.807, 2.05) is 0 Å². The number of hydrogen-bond acceptors (Lipinski definition) is 4. The summed E-state index contributed by atoms with van der Waals surface area (Å²) in [5.74, 6) is -0.0114. The molecule has 1 aliphatic heterocycles. The van der Waals surface area contributed by atoms with Gasteiger partial charge in [0.15, 0.2) is 0 Å². The van der Waals surface area contributed by atoms with Crippen molar-refractivity contribution in [2.24, 2.45) is 0 Å². The third-order valence-corrected chi connectivity index (χ3v) is 5.38. The van der Waals surface area contributed by atoms with Gasteiger partial charge in [0.05, 0.1) is 18.8 Å². The van der Waals surface area contributed by atoms with Crippen LogP contribution in [0.15, 0.2) is 48.5 Å². The third-order valence-electron chi connectivity index (χ3n) is 5.38. The van der Waals surface area contributed by atoms with Crippen molar-refractivity contribution >= 4 is 18.1 Å². The van der Waals surface area contributed by atoms with E-state index in [9.17, 15) is 22.8 Å². The molecule has 0 spiro atoms. The van der Waals surface area contributed by atoms with Crippen LogP contribution in [0.5, 0.6) is 5.75 Å². The second-order valence-electron chi connectivity index (χ2n) is 7.54. The lowest BCUT2D eigenvalue weighted by Crippen LogP contribution is -2.50. The van der Waals surface area contributed by atoms with Gasteiger partial charge in [-0.2, -0.15) is 13.2 Å². The molecule has 0 aromatic heterocycles. The van der Waals surface area contributed by atoms with Gasteiger partial charge in [0.1, 0.15) is 5.75 Å². The van der Waals surface area contributed by atoms with E-state index in [1.165, 1.54) is 29.2 Å². The molecule has 34 heavy (non-hydrogen) atoms. The molecule has 1 fully saturated rings. The van der Waals surface area contributed by atoms with Gasteiger partial charge in [-0.1, -0.05) is 30.3 Å². The van der Waals surface area contributed by atoms with E-state index >= 15 is 0 Å². The number of hydrogen-bond donors (Lipinski definition) is 0. The second kappa shape index (κ2) is 11.1. The van der Waals surface area contributed by atoms with Crippen molar-refractivity contribution in [3.05, 3.63) is 59.7 Å². The summed E-state index contributed by atoms with van der Waals surface area (Å²) >= 11 is 0. The number of benzene rings is 2. The molecule has 3 rings (SSSR count). The van der Waals surface area contributed by atoms with Crippen molar-refractivity contribution in [2.45, 2.75) is 20.0 Å². The summed E-state index contributed by atoms with van der Waals surface area (Å²) in [7, 11) is 0. The molecule has 1 aliphatic rings. The van der Waals surface area contributed by atoms with E-state index < -0.39 is 17.8 Å². The lowest BCUT2D eigenvalue weighted by Gasteiger charge is -2.33. The molecule has 1 heterocycles. The zero-order valence-corrected chi connectivity index (χ0v) is 19.1. The van der Waals surface area contributed by atoms with E-state index in [2.05, 4.69) is 0 Å². The van der Waals surface area contributed by atoms with Gasteiger partial charge in [-0.3, -0.25) is 4.79 Å². The highest BCUT2D eigenvalue weighted by atomic mass is 19.4. The fourth-order valence-corrected chi connectivity index (χ4v) is 3.79. The quantitative estimate of drug-likeness (QED) is 0.546. The summed E-state index contributed by atoms with van der Waals surface area (Å²) in [6.07, 6.45) is -2.35. The van der Waals surface area contributed by atoms with Gasteiger partial charge < -0.3 is 19.3 Å². The van der Waals surface area contributed by atoms with Crippen molar-refractivity contribution in [3.63, 3.8) is 0 Å². The number of carbonyl (C=O) groups is 2. The SMILES string of the molecule is CCOC(=O)N1CCN(C(=O)/C=C/c2cccc(C(F)(F)F)c2-c2ccccc2OCC)CC1. The first-order valence-corrected chi connectivity index (χ1v) is 11.1. The maximum atomic E-state index is 13.9. The molecular formula is C25H27F3N2O4. The predicted molar refractivity (Wildman–Crippen MR) is 122 cm³/mol. The van der Waals surface area contributed by atoms with Crippen molar-refractivity contribution in [2.75, 3.05) is 39.4 Å². The highest BCUT2D eigenvalue weighted by Gasteiger charge is 2.35. The summed E-state index contributed by atoms with van der Waals surface area (Å²) in [6.45, 7) is 5.32. The Kier molecular flexibility index (Phi) is 8.20. The smallest absolute Gasteiger partial charge is 0.417 e. The van der Waals surface area contributed by atoms with Crippen molar-refractivity contribution in [1.29, 1.82) is 0 Å². The van der Waals surface area contributed by atoms with E-state index in [0.717, 1.165) is 6.07 Å². The normalized spacial score (nSPS) is 14.4. The first-order chi connectivity index (χ1) is 16.3. The minimum Gasteiger partial charge on any atom is -0.493 e. The van der Waals surface area contributed by atoms with Crippen LogP contribution in [0.3, 0.4) is 0 Å². The van der Waals surface area contributed by atoms with Crippen molar-refractivity contribution in [3.8, 4) is 16.9 Å². The zero-order valence-electron chi connectivity index (χ0n) is 19.1. The molecule has 1 saturated heterocycles. The Labute approximate surface area is 196 Å².